The standard InChI is InChI=1S/C26H37N3O3.HI/c1-27-26(28-13-6-14-31-19-23-11-15-30-16-12-23)29-18-24-9-5-10-25(17-24)21-32-20-22-7-3-2-4-8-22;/h2-5,7-10,17,23H,6,11-16,18-21H2,1H3,(H2,27,28,29);1H. The minimum absolute atomic E-state index is 0. The van der Waals surface area contributed by atoms with Crippen LogP contribution in [-0.4, -0.2) is 46.0 Å². The molecule has 1 fully saturated rings. The highest BCUT2D eigenvalue weighted by atomic mass is 127. The molecule has 1 aliphatic rings. The first-order valence-corrected chi connectivity index (χ1v) is 11.6. The molecule has 0 radical (unpaired) electrons. The Balaban J connectivity index is 0.00000385. The van der Waals surface area contributed by atoms with Crippen LogP contribution in [0.25, 0.3) is 0 Å². The molecular formula is C26H38IN3O3. The average molecular weight is 568 g/mol. The molecule has 7 heteroatoms. The highest BCUT2D eigenvalue weighted by molar-refractivity contribution is 14.0. The molecule has 2 N–H and O–H groups in total. The summed E-state index contributed by atoms with van der Waals surface area (Å²) in [4.78, 5) is 4.31. The highest BCUT2D eigenvalue weighted by Crippen LogP contribution is 2.14. The number of aliphatic imine (C=N–C) groups is 1. The van der Waals surface area contributed by atoms with Crippen molar-refractivity contribution in [2.24, 2.45) is 10.9 Å². The normalized spacial score (nSPS) is 14.5. The van der Waals surface area contributed by atoms with Crippen LogP contribution >= 0.6 is 24.0 Å². The van der Waals surface area contributed by atoms with Crippen LogP contribution < -0.4 is 10.6 Å². The smallest absolute Gasteiger partial charge is 0.191 e. The Morgan fingerprint density at radius 2 is 1.67 bits per heavy atom. The molecule has 0 unspecified atom stereocenters. The molecule has 182 valence electrons. The lowest BCUT2D eigenvalue weighted by Crippen LogP contribution is -2.37. The zero-order chi connectivity index (χ0) is 22.3. The van der Waals surface area contributed by atoms with Crippen molar-refractivity contribution in [1.82, 2.24) is 10.6 Å². The first-order valence-electron chi connectivity index (χ1n) is 11.6. The summed E-state index contributed by atoms with van der Waals surface area (Å²) >= 11 is 0. The largest absolute Gasteiger partial charge is 0.381 e. The van der Waals surface area contributed by atoms with Crippen molar-refractivity contribution >= 4 is 29.9 Å². The van der Waals surface area contributed by atoms with Gasteiger partial charge in [0.2, 0.25) is 0 Å². The number of nitrogens with zero attached hydrogens (tertiary/aromatic N) is 1. The molecule has 0 aliphatic carbocycles. The summed E-state index contributed by atoms with van der Waals surface area (Å²) in [6.07, 6.45) is 3.20. The fourth-order valence-electron chi connectivity index (χ4n) is 3.64. The Kier molecular flexibility index (Phi) is 14.1. The fraction of sp³-hybridized carbons (Fsp3) is 0.500. The Morgan fingerprint density at radius 3 is 2.45 bits per heavy atom. The van der Waals surface area contributed by atoms with Gasteiger partial charge in [0.05, 0.1) is 13.2 Å². The second kappa shape index (κ2) is 16.9. The molecule has 2 aromatic carbocycles. The zero-order valence-corrected chi connectivity index (χ0v) is 22.0. The fourth-order valence-corrected chi connectivity index (χ4v) is 3.64. The van der Waals surface area contributed by atoms with E-state index in [0.717, 1.165) is 58.2 Å². The van der Waals surface area contributed by atoms with Crippen molar-refractivity contribution in [3.8, 4) is 0 Å². The Morgan fingerprint density at radius 1 is 0.939 bits per heavy atom. The molecule has 6 nitrogen and oxygen atoms in total. The molecule has 1 heterocycles. The van der Waals surface area contributed by atoms with Gasteiger partial charge in [-0.05, 0) is 41.9 Å². The van der Waals surface area contributed by atoms with Crippen molar-refractivity contribution in [3.05, 3.63) is 71.3 Å². The molecule has 0 bridgehead atoms. The molecule has 33 heavy (non-hydrogen) atoms. The van der Waals surface area contributed by atoms with Gasteiger partial charge in [0, 0.05) is 46.6 Å². The maximum atomic E-state index is 5.86. The van der Waals surface area contributed by atoms with Crippen LogP contribution in [0.3, 0.4) is 0 Å². The number of rotatable bonds is 12. The van der Waals surface area contributed by atoms with E-state index < -0.39 is 0 Å². The lowest BCUT2D eigenvalue weighted by atomic mass is 10.0. The van der Waals surface area contributed by atoms with Gasteiger partial charge in [0.15, 0.2) is 5.96 Å². The van der Waals surface area contributed by atoms with Gasteiger partial charge in [-0.15, -0.1) is 24.0 Å². The molecular weight excluding hydrogens is 529 g/mol. The number of ether oxygens (including phenoxy) is 3. The predicted octanol–water partition coefficient (Wildman–Crippen LogP) is 4.52. The lowest BCUT2D eigenvalue weighted by molar-refractivity contribution is 0.0203. The summed E-state index contributed by atoms with van der Waals surface area (Å²) in [6, 6.07) is 18.7. The third-order valence-electron chi connectivity index (χ3n) is 5.51. The molecule has 1 aliphatic heterocycles. The quantitative estimate of drug-likeness (QED) is 0.171. The van der Waals surface area contributed by atoms with Crippen LogP contribution in [0.2, 0.25) is 0 Å². The van der Waals surface area contributed by atoms with E-state index in [4.69, 9.17) is 14.2 Å². The Hall–Kier alpha value is -1.68. The summed E-state index contributed by atoms with van der Waals surface area (Å²) in [5, 5.41) is 6.74. The number of guanidine groups is 1. The molecule has 0 spiro atoms. The predicted molar refractivity (Wildman–Crippen MR) is 144 cm³/mol. The van der Waals surface area contributed by atoms with E-state index in [1.807, 2.05) is 18.2 Å². The summed E-state index contributed by atoms with van der Waals surface area (Å²) in [5.41, 5.74) is 3.56. The minimum Gasteiger partial charge on any atom is -0.381 e. The number of benzene rings is 2. The summed E-state index contributed by atoms with van der Waals surface area (Å²) in [5.74, 6) is 1.46. The third-order valence-corrected chi connectivity index (χ3v) is 5.51. The van der Waals surface area contributed by atoms with E-state index in [1.165, 1.54) is 16.7 Å². The van der Waals surface area contributed by atoms with Gasteiger partial charge in [0.1, 0.15) is 0 Å². The molecule has 3 rings (SSSR count). The molecule has 2 aromatic rings. The van der Waals surface area contributed by atoms with E-state index in [9.17, 15) is 0 Å². The summed E-state index contributed by atoms with van der Waals surface area (Å²) < 4.78 is 17.1. The van der Waals surface area contributed by atoms with Gasteiger partial charge in [-0.25, -0.2) is 0 Å². The summed E-state index contributed by atoms with van der Waals surface area (Å²) in [7, 11) is 1.80. The molecule has 1 saturated heterocycles. The van der Waals surface area contributed by atoms with Gasteiger partial charge in [0.25, 0.3) is 0 Å². The van der Waals surface area contributed by atoms with Gasteiger partial charge in [-0.3, -0.25) is 4.99 Å². The topological polar surface area (TPSA) is 64.1 Å². The molecule has 0 saturated carbocycles. The second-order valence-electron chi connectivity index (χ2n) is 8.14. The van der Waals surface area contributed by atoms with Crippen molar-refractivity contribution < 1.29 is 14.2 Å². The van der Waals surface area contributed by atoms with Gasteiger partial charge in [-0.1, -0.05) is 54.6 Å². The van der Waals surface area contributed by atoms with Crippen LogP contribution in [0, 0.1) is 5.92 Å². The van der Waals surface area contributed by atoms with Crippen LogP contribution in [0.15, 0.2) is 59.6 Å². The van der Waals surface area contributed by atoms with E-state index in [2.05, 4.69) is 52.0 Å². The van der Waals surface area contributed by atoms with Crippen molar-refractivity contribution in [3.63, 3.8) is 0 Å². The van der Waals surface area contributed by atoms with Crippen molar-refractivity contribution in [2.75, 3.05) is 40.0 Å². The number of nitrogens with one attached hydrogen (secondary N) is 2. The zero-order valence-electron chi connectivity index (χ0n) is 19.6. The first-order chi connectivity index (χ1) is 15.8. The maximum Gasteiger partial charge on any atom is 0.191 e. The van der Waals surface area contributed by atoms with Crippen LogP contribution in [0.4, 0.5) is 0 Å². The Labute approximate surface area is 215 Å². The van der Waals surface area contributed by atoms with Crippen molar-refractivity contribution in [2.45, 2.75) is 39.0 Å². The molecule has 0 amide bonds. The third kappa shape index (κ3) is 11.3. The van der Waals surface area contributed by atoms with E-state index in [1.54, 1.807) is 7.05 Å². The van der Waals surface area contributed by atoms with E-state index in [0.29, 0.717) is 25.7 Å². The van der Waals surface area contributed by atoms with Crippen LogP contribution in [-0.2, 0) is 34.0 Å². The summed E-state index contributed by atoms with van der Waals surface area (Å²) in [6.45, 7) is 6.14. The van der Waals surface area contributed by atoms with Crippen molar-refractivity contribution in [1.29, 1.82) is 0 Å². The number of hydrogen-bond acceptors (Lipinski definition) is 4. The van der Waals surface area contributed by atoms with Gasteiger partial charge in [-0.2, -0.15) is 0 Å². The molecule has 0 aromatic heterocycles. The van der Waals surface area contributed by atoms with E-state index in [-0.39, 0.29) is 24.0 Å². The SMILES string of the molecule is CN=C(NCCCOCC1CCOCC1)NCc1cccc(COCc2ccccc2)c1.I. The lowest BCUT2D eigenvalue weighted by Gasteiger charge is -2.21. The number of halogens is 1. The minimum atomic E-state index is 0. The average Bonchev–Trinajstić information content (AvgIpc) is 2.85. The highest BCUT2D eigenvalue weighted by Gasteiger charge is 2.13. The van der Waals surface area contributed by atoms with E-state index >= 15 is 0 Å². The maximum absolute atomic E-state index is 5.86. The first kappa shape index (κ1) is 27.6. The van der Waals surface area contributed by atoms with Gasteiger partial charge < -0.3 is 24.8 Å². The Bertz CT molecular complexity index is 798. The number of hydrogen-bond donors (Lipinski definition) is 2. The second-order valence-corrected chi connectivity index (χ2v) is 8.14. The molecule has 0 atom stereocenters. The van der Waals surface area contributed by atoms with Crippen LogP contribution in [0.5, 0.6) is 0 Å². The monoisotopic (exact) mass is 567 g/mol. The van der Waals surface area contributed by atoms with Gasteiger partial charge >= 0.3 is 0 Å². The van der Waals surface area contributed by atoms with Crippen LogP contribution in [0.1, 0.15) is 36.0 Å².